The van der Waals surface area contributed by atoms with Crippen molar-refractivity contribution in [2.24, 2.45) is 0 Å². The number of morpholine rings is 1. The van der Waals surface area contributed by atoms with Gasteiger partial charge in [0.1, 0.15) is 5.00 Å². The van der Waals surface area contributed by atoms with E-state index in [2.05, 4.69) is 32.6 Å². The van der Waals surface area contributed by atoms with E-state index in [1.165, 1.54) is 10.7 Å². The van der Waals surface area contributed by atoms with Gasteiger partial charge in [-0.15, -0.1) is 11.3 Å². The first-order chi connectivity index (χ1) is 7.48. The topological polar surface area (TPSA) is 25.4 Å². The number of aryl methyl sites for hydroxylation is 1. The van der Waals surface area contributed by atoms with E-state index in [4.69, 9.17) is 9.72 Å². The van der Waals surface area contributed by atoms with Gasteiger partial charge in [0, 0.05) is 18.5 Å². The lowest BCUT2D eigenvalue weighted by Crippen LogP contribution is -2.37. The van der Waals surface area contributed by atoms with Gasteiger partial charge in [-0.1, -0.05) is 20.8 Å². The van der Waals surface area contributed by atoms with Crippen LogP contribution in [0.25, 0.3) is 0 Å². The minimum atomic E-state index is 0.123. The second kappa shape index (κ2) is 4.34. The van der Waals surface area contributed by atoms with Crippen LogP contribution in [0, 0.1) is 6.92 Å². The van der Waals surface area contributed by atoms with Crippen molar-refractivity contribution in [3.05, 3.63) is 10.7 Å². The minimum absolute atomic E-state index is 0.123. The van der Waals surface area contributed by atoms with Crippen LogP contribution in [0.15, 0.2) is 0 Å². The third kappa shape index (κ3) is 2.38. The van der Waals surface area contributed by atoms with E-state index in [1.54, 1.807) is 0 Å². The van der Waals surface area contributed by atoms with Gasteiger partial charge in [0.15, 0.2) is 0 Å². The minimum Gasteiger partial charge on any atom is -0.378 e. The summed E-state index contributed by atoms with van der Waals surface area (Å²) in [5.74, 6) is 0. The molecule has 0 radical (unpaired) electrons. The molecule has 1 fully saturated rings. The third-order valence-corrected chi connectivity index (χ3v) is 3.76. The number of hydrogen-bond acceptors (Lipinski definition) is 4. The molecule has 2 rings (SSSR count). The molecule has 1 aliphatic rings. The maximum Gasteiger partial charge on any atom is 0.115 e. The van der Waals surface area contributed by atoms with Gasteiger partial charge in [-0.25, -0.2) is 4.98 Å². The predicted octanol–water partition coefficient (Wildman–Crippen LogP) is 2.59. The highest BCUT2D eigenvalue weighted by molar-refractivity contribution is 7.15. The quantitative estimate of drug-likeness (QED) is 0.754. The average Bonchev–Trinajstić information content (AvgIpc) is 2.61. The molecule has 0 atom stereocenters. The fourth-order valence-corrected chi connectivity index (χ4v) is 3.06. The van der Waals surface area contributed by atoms with Gasteiger partial charge in [-0.3, -0.25) is 0 Å². The fourth-order valence-electron chi connectivity index (χ4n) is 1.89. The van der Waals surface area contributed by atoms with Crippen molar-refractivity contribution in [2.75, 3.05) is 31.2 Å². The molecule has 0 aromatic carbocycles. The highest BCUT2D eigenvalue weighted by Gasteiger charge is 2.26. The Kier molecular flexibility index (Phi) is 3.22. The molecule has 4 heteroatoms. The van der Waals surface area contributed by atoms with Gasteiger partial charge in [-0.2, -0.15) is 0 Å². The van der Waals surface area contributed by atoms with Crippen LogP contribution in [-0.2, 0) is 10.2 Å². The Hall–Kier alpha value is -0.610. The summed E-state index contributed by atoms with van der Waals surface area (Å²) >= 11 is 1.81. The molecule has 0 spiro atoms. The molecule has 1 aromatic rings. The van der Waals surface area contributed by atoms with Crippen LogP contribution in [0.3, 0.4) is 0 Å². The van der Waals surface area contributed by atoms with Crippen molar-refractivity contribution in [1.82, 2.24) is 4.98 Å². The van der Waals surface area contributed by atoms with Crippen LogP contribution < -0.4 is 4.90 Å². The highest BCUT2D eigenvalue weighted by atomic mass is 32.1. The third-order valence-electron chi connectivity index (χ3n) is 2.72. The van der Waals surface area contributed by atoms with Crippen LogP contribution in [0.5, 0.6) is 0 Å². The SMILES string of the molecule is Cc1nc(C(C)(C)C)c(N2CCOCC2)s1. The van der Waals surface area contributed by atoms with Gasteiger partial charge in [-0.05, 0) is 6.92 Å². The second-order valence-electron chi connectivity index (χ2n) is 5.24. The van der Waals surface area contributed by atoms with Gasteiger partial charge in [0.25, 0.3) is 0 Å². The number of aromatic nitrogens is 1. The average molecular weight is 240 g/mol. The lowest BCUT2D eigenvalue weighted by Gasteiger charge is -2.30. The number of rotatable bonds is 1. The van der Waals surface area contributed by atoms with Crippen LogP contribution >= 0.6 is 11.3 Å². The summed E-state index contributed by atoms with van der Waals surface area (Å²) in [6, 6.07) is 0. The van der Waals surface area contributed by atoms with Crippen molar-refractivity contribution < 1.29 is 4.74 Å². The molecule has 90 valence electrons. The molecule has 1 aromatic heterocycles. The predicted molar refractivity (Wildman–Crippen MR) is 68.6 cm³/mol. The molecular weight excluding hydrogens is 220 g/mol. The molecule has 2 heterocycles. The van der Waals surface area contributed by atoms with Crippen molar-refractivity contribution >= 4 is 16.3 Å². The van der Waals surface area contributed by atoms with Gasteiger partial charge >= 0.3 is 0 Å². The lowest BCUT2D eigenvalue weighted by molar-refractivity contribution is 0.123. The van der Waals surface area contributed by atoms with Crippen LogP contribution in [-0.4, -0.2) is 31.3 Å². The summed E-state index contributed by atoms with van der Waals surface area (Å²) in [6.45, 7) is 12.4. The van der Waals surface area contributed by atoms with E-state index in [0.29, 0.717) is 0 Å². The smallest absolute Gasteiger partial charge is 0.115 e. The highest BCUT2D eigenvalue weighted by Crippen LogP contribution is 2.36. The summed E-state index contributed by atoms with van der Waals surface area (Å²) in [5.41, 5.74) is 1.36. The summed E-state index contributed by atoms with van der Waals surface area (Å²) < 4.78 is 5.40. The largest absolute Gasteiger partial charge is 0.378 e. The van der Waals surface area contributed by atoms with E-state index < -0.39 is 0 Å². The normalized spacial score (nSPS) is 17.9. The molecule has 1 aliphatic heterocycles. The Bertz CT molecular complexity index is 362. The first kappa shape index (κ1) is 11.9. The zero-order valence-corrected chi connectivity index (χ0v) is 11.4. The van der Waals surface area contributed by atoms with E-state index in [-0.39, 0.29) is 5.41 Å². The summed E-state index contributed by atoms with van der Waals surface area (Å²) in [5, 5.41) is 2.50. The number of thiazole rings is 1. The first-order valence-electron chi connectivity index (χ1n) is 5.79. The molecule has 3 nitrogen and oxygen atoms in total. The Morgan fingerprint density at radius 1 is 1.25 bits per heavy atom. The summed E-state index contributed by atoms with van der Waals surface area (Å²) in [7, 11) is 0. The fraction of sp³-hybridized carbons (Fsp3) is 0.750. The van der Waals surface area contributed by atoms with E-state index in [0.717, 1.165) is 31.3 Å². The van der Waals surface area contributed by atoms with Crippen molar-refractivity contribution in [1.29, 1.82) is 0 Å². The second-order valence-corrected chi connectivity index (χ2v) is 6.42. The van der Waals surface area contributed by atoms with Crippen LogP contribution in [0.2, 0.25) is 0 Å². The molecule has 1 saturated heterocycles. The van der Waals surface area contributed by atoms with E-state index in [1.807, 2.05) is 11.3 Å². The standard InChI is InChI=1S/C12H20N2OS/c1-9-13-10(12(2,3)4)11(16-9)14-5-7-15-8-6-14/h5-8H2,1-4H3. The molecule has 16 heavy (non-hydrogen) atoms. The summed E-state index contributed by atoms with van der Waals surface area (Å²) in [6.07, 6.45) is 0. The lowest BCUT2D eigenvalue weighted by atomic mass is 9.92. The van der Waals surface area contributed by atoms with Gasteiger partial charge in [0.2, 0.25) is 0 Å². The number of ether oxygens (including phenoxy) is 1. The van der Waals surface area contributed by atoms with Crippen molar-refractivity contribution in [3.63, 3.8) is 0 Å². The Balaban J connectivity index is 2.31. The Morgan fingerprint density at radius 2 is 1.88 bits per heavy atom. The Labute approximate surface area is 101 Å². The molecule has 0 N–H and O–H groups in total. The molecule has 0 saturated carbocycles. The number of hydrogen-bond donors (Lipinski definition) is 0. The van der Waals surface area contributed by atoms with E-state index in [9.17, 15) is 0 Å². The molecule has 0 bridgehead atoms. The van der Waals surface area contributed by atoms with Crippen molar-refractivity contribution in [2.45, 2.75) is 33.1 Å². The summed E-state index contributed by atoms with van der Waals surface area (Å²) in [4.78, 5) is 7.10. The number of anilines is 1. The van der Waals surface area contributed by atoms with Gasteiger partial charge in [0.05, 0.1) is 23.9 Å². The molecular formula is C12H20N2OS. The van der Waals surface area contributed by atoms with Crippen LogP contribution in [0.1, 0.15) is 31.5 Å². The maximum absolute atomic E-state index is 5.40. The molecule has 0 unspecified atom stereocenters. The van der Waals surface area contributed by atoms with Crippen molar-refractivity contribution in [3.8, 4) is 0 Å². The number of nitrogens with zero attached hydrogens (tertiary/aromatic N) is 2. The Morgan fingerprint density at radius 3 is 2.44 bits per heavy atom. The zero-order valence-electron chi connectivity index (χ0n) is 10.5. The van der Waals surface area contributed by atoms with Crippen LogP contribution in [0.4, 0.5) is 5.00 Å². The van der Waals surface area contributed by atoms with E-state index >= 15 is 0 Å². The molecule has 0 amide bonds. The van der Waals surface area contributed by atoms with Gasteiger partial charge < -0.3 is 9.64 Å². The zero-order chi connectivity index (χ0) is 11.8. The maximum atomic E-state index is 5.40. The monoisotopic (exact) mass is 240 g/mol. The first-order valence-corrected chi connectivity index (χ1v) is 6.61. The molecule has 0 aliphatic carbocycles.